The van der Waals surface area contributed by atoms with Crippen LogP contribution in [0.3, 0.4) is 0 Å². The molecular weight excluding hydrogens is 176 g/mol. The van der Waals surface area contributed by atoms with Crippen molar-refractivity contribution in [2.75, 3.05) is 0 Å². The first-order valence-electron chi connectivity index (χ1n) is 3.49. The van der Waals surface area contributed by atoms with Crippen molar-refractivity contribution >= 4 is 17.2 Å². The molecule has 0 aliphatic heterocycles. The number of hydrogen-bond donors (Lipinski definition) is 1. The minimum absolute atomic E-state index is 0.373. The lowest BCUT2D eigenvalue weighted by Crippen LogP contribution is -2.02. The number of nitrogens with two attached hydrogens (primary N) is 1. The lowest BCUT2D eigenvalue weighted by Gasteiger charge is -1.98. The van der Waals surface area contributed by atoms with Crippen LogP contribution in [0.4, 0.5) is 0 Å². The fourth-order valence-corrected chi connectivity index (χ4v) is 1.27. The molecule has 4 nitrogen and oxygen atoms in total. The largest absolute Gasteiger partial charge is 0.325 e. The van der Waals surface area contributed by atoms with E-state index in [0.29, 0.717) is 11.7 Å². The molecule has 12 heavy (non-hydrogen) atoms. The number of fused-ring (bicyclic) bond motifs is 1. The third kappa shape index (κ3) is 0.964. The van der Waals surface area contributed by atoms with Gasteiger partial charge in [0.25, 0.3) is 0 Å². The normalized spacial score (nSPS) is 10.8. The van der Waals surface area contributed by atoms with Gasteiger partial charge in [-0.05, 0) is 0 Å². The van der Waals surface area contributed by atoms with Crippen molar-refractivity contribution in [2.45, 2.75) is 6.54 Å². The molecule has 2 aromatic heterocycles. The van der Waals surface area contributed by atoms with Gasteiger partial charge in [0.05, 0.1) is 11.9 Å². The fraction of sp³-hybridized carbons (Fsp3) is 0.143. The lowest BCUT2D eigenvalue weighted by molar-refractivity contribution is 0.962. The zero-order valence-corrected chi connectivity index (χ0v) is 6.99. The van der Waals surface area contributed by atoms with E-state index in [1.165, 1.54) is 0 Å². The zero-order chi connectivity index (χ0) is 8.55. The maximum atomic E-state index is 5.83. The van der Waals surface area contributed by atoms with Crippen LogP contribution in [0.25, 0.3) is 5.65 Å². The Balaban J connectivity index is 2.81. The van der Waals surface area contributed by atoms with Crippen molar-refractivity contribution < 1.29 is 0 Å². The molecule has 0 unspecified atom stereocenters. The molecule has 0 aliphatic rings. The predicted octanol–water partition coefficient (Wildman–Crippen LogP) is 0.841. The molecule has 0 saturated carbocycles. The van der Waals surface area contributed by atoms with Crippen molar-refractivity contribution in [1.29, 1.82) is 0 Å². The van der Waals surface area contributed by atoms with E-state index in [1.807, 2.05) is 0 Å². The van der Waals surface area contributed by atoms with Gasteiger partial charge in [-0.25, -0.2) is 4.98 Å². The second kappa shape index (κ2) is 2.73. The maximum Gasteiger partial charge on any atom is 0.161 e. The third-order valence-electron chi connectivity index (χ3n) is 1.65. The van der Waals surface area contributed by atoms with Crippen LogP contribution in [0.15, 0.2) is 18.6 Å². The van der Waals surface area contributed by atoms with Gasteiger partial charge in [0.1, 0.15) is 5.15 Å². The summed E-state index contributed by atoms with van der Waals surface area (Å²) in [6.45, 7) is 0.373. The summed E-state index contributed by atoms with van der Waals surface area (Å²) in [5.41, 5.74) is 6.95. The molecule has 0 saturated heterocycles. The summed E-state index contributed by atoms with van der Waals surface area (Å²) in [5.74, 6) is 0. The van der Waals surface area contributed by atoms with Crippen LogP contribution in [0.5, 0.6) is 0 Å². The summed E-state index contributed by atoms with van der Waals surface area (Å²) in [5, 5.41) is 0.571. The Morgan fingerprint density at radius 3 is 3.08 bits per heavy atom. The van der Waals surface area contributed by atoms with Crippen LogP contribution in [-0.4, -0.2) is 14.4 Å². The Bertz CT molecular complexity index is 409. The first-order chi connectivity index (χ1) is 5.83. The van der Waals surface area contributed by atoms with Gasteiger partial charge < -0.3 is 5.73 Å². The molecule has 2 heterocycles. The molecule has 5 heteroatoms. The van der Waals surface area contributed by atoms with Crippen molar-refractivity contribution in [1.82, 2.24) is 14.4 Å². The number of nitrogens with zero attached hydrogens (tertiary/aromatic N) is 3. The number of halogens is 1. The average Bonchev–Trinajstić information content (AvgIpc) is 2.48. The summed E-state index contributed by atoms with van der Waals surface area (Å²) in [4.78, 5) is 8.15. The third-order valence-corrected chi connectivity index (χ3v) is 1.93. The molecule has 0 radical (unpaired) electrons. The smallest absolute Gasteiger partial charge is 0.161 e. The van der Waals surface area contributed by atoms with Crippen LogP contribution in [0.1, 0.15) is 5.69 Å². The molecule has 0 fully saturated rings. The Labute approximate surface area is 74.0 Å². The summed E-state index contributed by atoms with van der Waals surface area (Å²) >= 11 is 5.83. The summed E-state index contributed by atoms with van der Waals surface area (Å²) in [6, 6.07) is 0. The van der Waals surface area contributed by atoms with E-state index in [2.05, 4.69) is 9.97 Å². The molecule has 0 bridgehead atoms. The number of hydrogen-bond acceptors (Lipinski definition) is 3. The summed E-state index contributed by atoms with van der Waals surface area (Å²) in [6.07, 6.45) is 4.99. The Kier molecular flexibility index (Phi) is 1.71. The molecule has 2 N–H and O–H groups in total. The predicted molar refractivity (Wildman–Crippen MR) is 45.9 cm³/mol. The van der Waals surface area contributed by atoms with Gasteiger partial charge in [-0.1, -0.05) is 11.6 Å². The van der Waals surface area contributed by atoms with Gasteiger partial charge in [0, 0.05) is 18.9 Å². The quantitative estimate of drug-likeness (QED) is 0.711. The van der Waals surface area contributed by atoms with Crippen LogP contribution in [0.2, 0.25) is 5.15 Å². The zero-order valence-electron chi connectivity index (χ0n) is 6.24. The number of rotatable bonds is 1. The molecule has 0 spiro atoms. The van der Waals surface area contributed by atoms with Crippen LogP contribution in [0, 0.1) is 0 Å². The highest BCUT2D eigenvalue weighted by Crippen LogP contribution is 2.12. The van der Waals surface area contributed by atoms with Gasteiger partial charge in [-0.2, -0.15) is 0 Å². The highest BCUT2D eigenvalue weighted by Gasteiger charge is 2.04. The van der Waals surface area contributed by atoms with Crippen LogP contribution >= 0.6 is 11.6 Å². The molecule has 0 atom stereocenters. The summed E-state index contributed by atoms with van der Waals surface area (Å²) in [7, 11) is 0. The molecule has 0 amide bonds. The fourth-order valence-electron chi connectivity index (χ4n) is 1.09. The minimum atomic E-state index is 0.373. The van der Waals surface area contributed by atoms with Crippen molar-refractivity contribution in [2.24, 2.45) is 5.73 Å². The van der Waals surface area contributed by atoms with E-state index in [4.69, 9.17) is 17.3 Å². The highest BCUT2D eigenvalue weighted by atomic mass is 35.5. The maximum absolute atomic E-state index is 5.83. The lowest BCUT2D eigenvalue weighted by atomic mass is 10.4. The van der Waals surface area contributed by atoms with Gasteiger partial charge >= 0.3 is 0 Å². The highest BCUT2D eigenvalue weighted by molar-refractivity contribution is 6.29. The van der Waals surface area contributed by atoms with E-state index in [9.17, 15) is 0 Å². The Morgan fingerprint density at radius 1 is 1.50 bits per heavy atom. The monoisotopic (exact) mass is 182 g/mol. The van der Waals surface area contributed by atoms with Crippen LogP contribution in [-0.2, 0) is 6.54 Å². The number of imidazole rings is 1. The van der Waals surface area contributed by atoms with E-state index in [0.717, 1.165) is 11.3 Å². The van der Waals surface area contributed by atoms with Crippen LogP contribution < -0.4 is 5.73 Å². The van der Waals surface area contributed by atoms with E-state index < -0.39 is 0 Å². The summed E-state index contributed by atoms with van der Waals surface area (Å²) < 4.78 is 1.75. The first-order valence-corrected chi connectivity index (χ1v) is 3.87. The SMILES string of the molecule is NCc1nccn2c(Cl)cnc12. The van der Waals surface area contributed by atoms with E-state index in [-0.39, 0.29) is 0 Å². The molecule has 0 aromatic carbocycles. The standard InChI is InChI=1S/C7H7ClN4/c8-6-4-11-7-5(3-9)10-1-2-12(6)7/h1-2,4H,3,9H2. The van der Waals surface area contributed by atoms with Crippen molar-refractivity contribution in [3.63, 3.8) is 0 Å². The van der Waals surface area contributed by atoms with Gasteiger partial charge in [-0.3, -0.25) is 9.38 Å². The first kappa shape index (κ1) is 7.52. The van der Waals surface area contributed by atoms with Gasteiger partial charge in [0.15, 0.2) is 5.65 Å². The average molecular weight is 183 g/mol. The molecular formula is C7H7ClN4. The van der Waals surface area contributed by atoms with Gasteiger partial charge in [-0.15, -0.1) is 0 Å². The molecule has 2 aromatic rings. The molecule has 0 aliphatic carbocycles. The molecule has 2 rings (SSSR count). The minimum Gasteiger partial charge on any atom is -0.325 e. The Hall–Kier alpha value is -1.13. The van der Waals surface area contributed by atoms with Crippen molar-refractivity contribution in [3.8, 4) is 0 Å². The Morgan fingerprint density at radius 2 is 2.33 bits per heavy atom. The number of aromatic nitrogens is 3. The van der Waals surface area contributed by atoms with Crippen molar-refractivity contribution in [3.05, 3.63) is 29.4 Å². The van der Waals surface area contributed by atoms with Gasteiger partial charge in [0.2, 0.25) is 0 Å². The second-order valence-corrected chi connectivity index (χ2v) is 2.74. The van der Waals surface area contributed by atoms with E-state index >= 15 is 0 Å². The van der Waals surface area contributed by atoms with E-state index in [1.54, 1.807) is 23.0 Å². The molecule has 62 valence electrons. The second-order valence-electron chi connectivity index (χ2n) is 2.35. The topological polar surface area (TPSA) is 56.2 Å².